The van der Waals surface area contributed by atoms with E-state index in [1.807, 2.05) is 6.92 Å². The van der Waals surface area contributed by atoms with Gasteiger partial charge in [-0.05, 0) is 21.7 Å². The average molecular weight is 234 g/mol. The zero-order valence-electron chi connectivity index (χ0n) is 5.49. The van der Waals surface area contributed by atoms with E-state index in [9.17, 15) is 0 Å². The lowest BCUT2D eigenvalue weighted by molar-refractivity contribution is 0.241. The summed E-state index contributed by atoms with van der Waals surface area (Å²) in [5.41, 5.74) is 0. The molecular formula is C4H10BrClO2Si. The summed E-state index contributed by atoms with van der Waals surface area (Å²) in [6.07, 6.45) is 0.955. The molecule has 0 radical (unpaired) electrons. The summed E-state index contributed by atoms with van der Waals surface area (Å²) < 4.78 is 9.97. The fraction of sp³-hybridized carbons (Fsp3) is 1.00. The second-order valence-electron chi connectivity index (χ2n) is 1.52. The van der Waals surface area contributed by atoms with Crippen molar-refractivity contribution in [1.82, 2.24) is 0 Å². The van der Waals surface area contributed by atoms with Crippen molar-refractivity contribution in [3.8, 4) is 0 Å². The molecule has 0 saturated carbocycles. The lowest BCUT2D eigenvalue weighted by Crippen LogP contribution is -2.27. The second-order valence-corrected chi connectivity index (χ2v) is 9.13. The zero-order chi connectivity index (χ0) is 7.33. The largest absolute Gasteiger partial charge is 0.520 e. The van der Waals surface area contributed by atoms with Crippen molar-refractivity contribution in [2.75, 3.05) is 13.7 Å². The van der Waals surface area contributed by atoms with Crippen LogP contribution in [0.1, 0.15) is 13.3 Å². The molecule has 1 unspecified atom stereocenters. The van der Waals surface area contributed by atoms with Crippen molar-refractivity contribution >= 4 is 32.9 Å². The van der Waals surface area contributed by atoms with Gasteiger partial charge in [0, 0.05) is 13.7 Å². The van der Waals surface area contributed by atoms with Gasteiger partial charge in [-0.1, -0.05) is 18.0 Å². The smallest absolute Gasteiger partial charge is 0.378 e. The lowest BCUT2D eigenvalue weighted by atomic mass is 10.5. The van der Waals surface area contributed by atoms with Crippen LogP contribution in [0.25, 0.3) is 0 Å². The Bertz CT molecular complexity index is 81.0. The highest BCUT2D eigenvalue weighted by Crippen LogP contribution is 2.19. The molecule has 0 rings (SSSR count). The summed E-state index contributed by atoms with van der Waals surface area (Å²) in [5.74, 6) is 0. The molecule has 0 aromatic carbocycles. The van der Waals surface area contributed by atoms with E-state index in [0.29, 0.717) is 6.61 Å². The van der Waals surface area contributed by atoms with Crippen molar-refractivity contribution < 1.29 is 8.85 Å². The highest BCUT2D eigenvalue weighted by atomic mass is 79.9. The van der Waals surface area contributed by atoms with Gasteiger partial charge >= 0.3 is 6.49 Å². The molecule has 56 valence electrons. The average Bonchev–Trinajstić information content (AvgIpc) is 1.84. The maximum absolute atomic E-state index is 5.71. The highest BCUT2D eigenvalue weighted by molar-refractivity contribution is 9.26. The van der Waals surface area contributed by atoms with Crippen LogP contribution in [0, 0.1) is 0 Å². The van der Waals surface area contributed by atoms with Crippen LogP contribution < -0.4 is 0 Å². The predicted octanol–water partition coefficient (Wildman–Crippen LogP) is 2.13. The van der Waals surface area contributed by atoms with Crippen molar-refractivity contribution in [2.24, 2.45) is 0 Å². The maximum Gasteiger partial charge on any atom is 0.520 e. The molecule has 0 aromatic heterocycles. The first-order valence-corrected chi connectivity index (χ1v) is 7.78. The zero-order valence-corrected chi connectivity index (χ0v) is 8.83. The van der Waals surface area contributed by atoms with Crippen LogP contribution in [0.15, 0.2) is 0 Å². The Kier molecular flexibility index (Phi) is 5.15. The van der Waals surface area contributed by atoms with Gasteiger partial charge < -0.3 is 8.85 Å². The van der Waals surface area contributed by atoms with Gasteiger partial charge in [-0.15, -0.1) is 0 Å². The van der Waals surface area contributed by atoms with Crippen molar-refractivity contribution in [1.29, 1.82) is 0 Å². The van der Waals surface area contributed by atoms with Gasteiger partial charge in [-0.2, -0.15) is 0 Å². The first-order chi connectivity index (χ1) is 4.12. The van der Waals surface area contributed by atoms with Crippen molar-refractivity contribution in [3.05, 3.63) is 0 Å². The van der Waals surface area contributed by atoms with Crippen LogP contribution >= 0.6 is 26.4 Å². The molecule has 0 aliphatic rings. The summed E-state index contributed by atoms with van der Waals surface area (Å²) in [7, 11) is 1.53. The van der Waals surface area contributed by atoms with Gasteiger partial charge in [0.1, 0.15) is 0 Å². The van der Waals surface area contributed by atoms with E-state index in [4.69, 9.17) is 19.9 Å². The molecular weight excluding hydrogens is 223 g/mol. The number of hydrogen-bond donors (Lipinski definition) is 0. The van der Waals surface area contributed by atoms with E-state index >= 15 is 0 Å². The fourth-order valence-corrected chi connectivity index (χ4v) is 1.56. The lowest BCUT2D eigenvalue weighted by Gasteiger charge is -2.13. The van der Waals surface area contributed by atoms with Crippen LogP contribution in [0.3, 0.4) is 0 Å². The van der Waals surface area contributed by atoms with E-state index in [2.05, 4.69) is 15.3 Å². The van der Waals surface area contributed by atoms with Gasteiger partial charge in [-0.3, -0.25) is 0 Å². The molecule has 0 bridgehead atoms. The molecule has 0 fully saturated rings. The maximum atomic E-state index is 5.71. The number of rotatable bonds is 4. The third-order valence-electron chi connectivity index (χ3n) is 0.712. The van der Waals surface area contributed by atoms with Crippen molar-refractivity contribution in [2.45, 2.75) is 13.3 Å². The number of hydrogen-bond acceptors (Lipinski definition) is 2. The normalized spacial score (nSPS) is 17.3. The SMILES string of the molecule is CCCO[Si](Cl)(Br)OC. The molecule has 0 N–H and O–H groups in total. The molecule has 0 aliphatic carbocycles. The molecule has 9 heavy (non-hydrogen) atoms. The Morgan fingerprint density at radius 1 is 1.67 bits per heavy atom. The standard InChI is InChI=1S/C4H10BrClO2Si/c1-3-4-8-9(5,6)7-2/h3-4H2,1-2H3. The summed E-state index contributed by atoms with van der Waals surface area (Å²) in [6.45, 7) is 0.252. The second kappa shape index (κ2) is 4.68. The Morgan fingerprint density at radius 2 is 2.22 bits per heavy atom. The van der Waals surface area contributed by atoms with Crippen LogP contribution in [0.5, 0.6) is 0 Å². The van der Waals surface area contributed by atoms with E-state index in [1.165, 1.54) is 7.11 Å². The summed E-state index contributed by atoms with van der Waals surface area (Å²) in [6, 6.07) is 0. The van der Waals surface area contributed by atoms with Gasteiger partial charge in [-0.25, -0.2) is 0 Å². The topological polar surface area (TPSA) is 18.5 Å². The Hall–Kier alpha value is 0.907. The molecule has 0 aliphatic heterocycles. The fourth-order valence-electron chi connectivity index (χ4n) is 0.280. The minimum absolute atomic E-state index is 0.648. The molecule has 0 saturated heterocycles. The van der Waals surface area contributed by atoms with Crippen LogP contribution in [0.2, 0.25) is 0 Å². The van der Waals surface area contributed by atoms with Gasteiger partial charge in [0.2, 0.25) is 0 Å². The van der Waals surface area contributed by atoms with Crippen LogP contribution in [0.4, 0.5) is 0 Å². The van der Waals surface area contributed by atoms with Gasteiger partial charge in [0.05, 0.1) is 0 Å². The first kappa shape index (κ1) is 9.91. The molecule has 0 heterocycles. The van der Waals surface area contributed by atoms with E-state index in [1.54, 1.807) is 0 Å². The van der Waals surface area contributed by atoms with Gasteiger partial charge in [0.25, 0.3) is 0 Å². The molecule has 1 atom stereocenters. The molecule has 2 nitrogen and oxygen atoms in total. The molecule has 0 aromatic rings. The van der Waals surface area contributed by atoms with Crippen LogP contribution in [-0.2, 0) is 8.85 Å². The third-order valence-corrected chi connectivity index (χ3v) is 4.18. The summed E-state index contributed by atoms with van der Waals surface area (Å²) in [5, 5.41) is 0. The van der Waals surface area contributed by atoms with E-state index in [0.717, 1.165) is 6.42 Å². The minimum Gasteiger partial charge on any atom is -0.378 e. The summed E-state index contributed by atoms with van der Waals surface area (Å²) in [4.78, 5) is 0. The quantitative estimate of drug-likeness (QED) is 0.547. The van der Waals surface area contributed by atoms with E-state index < -0.39 is 6.49 Å². The van der Waals surface area contributed by atoms with Crippen LogP contribution in [-0.4, -0.2) is 20.2 Å². The van der Waals surface area contributed by atoms with Gasteiger partial charge in [0.15, 0.2) is 0 Å². The number of halogens is 2. The molecule has 5 heteroatoms. The van der Waals surface area contributed by atoms with Crippen molar-refractivity contribution in [3.63, 3.8) is 0 Å². The first-order valence-electron chi connectivity index (χ1n) is 2.69. The third kappa shape index (κ3) is 5.36. The molecule has 0 amide bonds. The molecule has 0 spiro atoms. The Balaban J connectivity index is 3.33. The highest BCUT2D eigenvalue weighted by Gasteiger charge is 2.30. The monoisotopic (exact) mass is 232 g/mol. The Morgan fingerprint density at radius 3 is 2.56 bits per heavy atom. The Labute approximate surface area is 69.0 Å². The summed E-state index contributed by atoms with van der Waals surface area (Å²) >= 11 is 8.85. The predicted molar refractivity (Wildman–Crippen MR) is 43.8 cm³/mol. The minimum atomic E-state index is -2.41. The van der Waals surface area contributed by atoms with E-state index in [-0.39, 0.29) is 0 Å².